The summed E-state index contributed by atoms with van der Waals surface area (Å²) in [5.41, 5.74) is 2.21. The van der Waals surface area contributed by atoms with E-state index in [-0.39, 0.29) is 4.90 Å². The molecule has 0 saturated carbocycles. The average Bonchev–Trinajstić information content (AvgIpc) is 2.34. The van der Waals surface area contributed by atoms with E-state index in [2.05, 4.69) is 4.72 Å². The molecular formula is C14H13ClNO2S-. The van der Waals surface area contributed by atoms with Crippen molar-refractivity contribution in [3.63, 3.8) is 0 Å². The van der Waals surface area contributed by atoms with Crippen LogP contribution < -0.4 is 0 Å². The molecule has 100 valence electrons. The maximum Gasteiger partial charge on any atom is 0.123 e. The predicted octanol–water partition coefficient (Wildman–Crippen LogP) is 4.35. The van der Waals surface area contributed by atoms with E-state index >= 15 is 0 Å². The van der Waals surface area contributed by atoms with E-state index in [0.717, 1.165) is 11.1 Å². The van der Waals surface area contributed by atoms with E-state index in [1.54, 1.807) is 42.5 Å². The van der Waals surface area contributed by atoms with E-state index in [4.69, 9.17) is 11.6 Å². The lowest BCUT2D eigenvalue weighted by atomic mass is 10.2. The highest BCUT2D eigenvalue weighted by molar-refractivity contribution is 7.94. The summed E-state index contributed by atoms with van der Waals surface area (Å²) < 4.78 is 28.0. The van der Waals surface area contributed by atoms with Crippen molar-refractivity contribution in [2.45, 2.75) is 18.7 Å². The molecule has 0 spiro atoms. The topological polar surface area (TPSA) is 48.2 Å². The fourth-order valence-corrected chi connectivity index (χ4v) is 2.69. The molecule has 0 amide bonds. The van der Waals surface area contributed by atoms with Gasteiger partial charge in [-0.25, -0.2) is 8.42 Å². The molecule has 0 radical (unpaired) electrons. The summed E-state index contributed by atoms with van der Waals surface area (Å²) in [5, 5.41) is 0.500. The molecule has 2 aromatic carbocycles. The minimum Gasteiger partial charge on any atom is -0.573 e. The molecule has 0 aromatic heterocycles. The molecule has 0 aliphatic carbocycles. The normalized spacial score (nSPS) is 11.3. The van der Waals surface area contributed by atoms with Crippen LogP contribution in [0.25, 0.3) is 4.72 Å². The summed E-state index contributed by atoms with van der Waals surface area (Å²) in [6.45, 7) is 3.74. The Hall–Kier alpha value is -1.52. The van der Waals surface area contributed by atoms with Gasteiger partial charge in [-0.15, -0.1) is 5.69 Å². The summed E-state index contributed by atoms with van der Waals surface area (Å²) in [7, 11) is -3.69. The number of hydrogen-bond donors (Lipinski definition) is 0. The number of rotatable bonds is 3. The summed E-state index contributed by atoms with van der Waals surface area (Å²) in [4.78, 5) is 0.176. The zero-order valence-corrected chi connectivity index (χ0v) is 12.2. The fraction of sp³-hybridized carbons (Fsp3) is 0.143. The van der Waals surface area contributed by atoms with Crippen LogP contribution in [-0.4, -0.2) is 8.42 Å². The molecule has 3 nitrogen and oxygen atoms in total. The zero-order valence-electron chi connectivity index (χ0n) is 10.6. The Morgan fingerprint density at radius 1 is 1.00 bits per heavy atom. The van der Waals surface area contributed by atoms with Gasteiger partial charge in [0.25, 0.3) is 0 Å². The lowest BCUT2D eigenvalue weighted by Gasteiger charge is -2.22. The number of halogens is 1. The van der Waals surface area contributed by atoms with Crippen LogP contribution in [0.5, 0.6) is 0 Å². The van der Waals surface area contributed by atoms with Crippen LogP contribution in [0.3, 0.4) is 0 Å². The van der Waals surface area contributed by atoms with Crippen LogP contribution in [0.15, 0.2) is 47.4 Å². The summed E-state index contributed by atoms with van der Waals surface area (Å²) in [6, 6.07) is 11.5. The third-order valence-corrected chi connectivity index (χ3v) is 4.43. The van der Waals surface area contributed by atoms with Gasteiger partial charge in [-0.3, -0.25) is 0 Å². The standard InChI is InChI=1S/C14H13ClNO2S/c1-10-3-7-13(8-4-10)19(17,18)16-12-6-5-11(2)14(15)9-12/h3-9H,1-2H3/q-1. The molecule has 0 atom stereocenters. The molecule has 0 aliphatic rings. The first-order chi connectivity index (χ1) is 8.88. The lowest BCUT2D eigenvalue weighted by molar-refractivity contribution is 0.603. The Kier molecular flexibility index (Phi) is 3.83. The van der Waals surface area contributed by atoms with E-state index < -0.39 is 10.0 Å². The second-order valence-corrected chi connectivity index (χ2v) is 6.32. The Morgan fingerprint density at radius 3 is 2.21 bits per heavy atom. The average molecular weight is 295 g/mol. The first-order valence-corrected chi connectivity index (χ1v) is 7.51. The van der Waals surface area contributed by atoms with Crippen molar-refractivity contribution in [1.82, 2.24) is 0 Å². The molecule has 0 bridgehead atoms. The molecular weight excluding hydrogens is 282 g/mol. The van der Waals surface area contributed by atoms with Gasteiger partial charge in [0.05, 0.1) is 4.90 Å². The third-order valence-electron chi connectivity index (χ3n) is 2.70. The number of aryl methyl sites for hydroxylation is 2. The fourth-order valence-electron chi connectivity index (χ4n) is 1.54. The summed E-state index contributed by atoms with van der Waals surface area (Å²) in [6.07, 6.45) is 0. The van der Waals surface area contributed by atoms with Crippen LogP contribution in [0, 0.1) is 13.8 Å². The largest absolute Gasteiger partial charge is 0.573 e. The highest BCUT2D eigenvalue weighted by Gasteiger charge is 2.04. The first-order valence-electron chi connectivity index (χ1n) is 5.69. The van der Waals surface area contributed by atoms with E-state index in [1.807, 2.05) is 13.8 Å². The monoisotopic (exact) mass is 294 g/mol. The molecule has 0 saturated heterocycles. The number of hydrogen-bond acceptors (Lipinski definition) is 2. The van der Waals surface area contributed by atoms with Gasteiger partial charge in [-0.2, -0.15) is 0 Å². The van der Waals surface area contributed by atoms with Crippen molar-refractivity contribution in [3.8, 4) is 0 Å². The first kappa shape index (κ1) is 13.9. The third kappa shape index (κ3) is 3.28. The van der Waals surface area contributed by atoms with Gasteiger partial charge in [-0.1, -0.05) is 47.5 Å². The molecule has 0 heterocycles. The zero-order chi connectivity index (χ0) is 14.0. The van der Waals surface area contributed by atoms with Gasteiger partial charge in [0, 0.05) is 5.02 Å². The predicted molar refractivity (Wildman–Crippen MR) is 77.6 cm³/mol. The van der Waals surface area contributed by atoms with Crippen LogP contribution in [0.4, 0.5) is 5.69 Å². The van der Waals surface area contributed by atoms with Crippen molar-refractivity contribution >= 4 is 27.3 Å². The SMILES string of the molecule is Cc1ccc(S(=O)(=O)[N-]c2ccc(C)c(Cl)c2)cc1. The second kappa shape index (κ2) is 5.23. The van der Waals surface area contributed by atoms with E-state index in [9.17, 15) is 8.42 Å². The van der Waals surface area contributed by atoms with Crippen molar-refractivity contribution in [1.29, 1.82) is 0 Å². The maximum atomic E-state index is 12.1. The Bertz CT molecular complexity index is 694. The number of benzene rings is 2. The number of nitrogens with zero attached hydrogens (tertiary/aromatic N) is 1. The highest BCUT2D eigenvalue weighted by Crippen LogP contribution is 2.31. The molecule has 19 heavy (non-hydrogen) atoms. The molecule has 0 aliphatic heterocycles. The maximum absolute atomic E-state index is 12.1. The molecule has 0 N–H and O–H groups in total. The summed E-state index contributed by atoms with van der Waals surface area (Å²) >= 11 is 5.95. The molecule has 0 fully saturated rings. The molecule has 5 heteroatoms. The quantitative estimate of drug-likeness (QED) is 0.845. The van der Waals surface area contributed by atoms with Gasteiger partial charge >= 0.3 is 0 Å². The lowest BCUT2D eigenvalue weighted by Crippen LogP contribution is -1.97. The second-order valence-electron chi connectivity index (χ2n) is 4.31. The summed E-state index contributed by atoms with van der Waals surface area (Å²) in [5.74, 6) is 0. The smallest absolute Gasteiger partial charge is 0.123 e. The van der Waals surface area contributed by atoms with Crippen LogP contribution >= 0.6 is 11.6 Å². The minimum atomic E-state index is -3.69. The molecule has 0 unspecified atom stereocenters. The number of sulfonamides is 1. The van der Waals surface area contributed by atoms with Gasteiger partial charge < -0.3 is 4.72 Å². The van der Waals surface area contributed by atoms with Crippen molar-refractivity contribution < 1.29 is 8.42 Å². The van der Waals surface area contributed by atoms with Crippen molar-refractivity contribution in [3.05, 3.63) is 63.3 Å². The van der Waals surface area contributed by atoms with Crippen LogP contribution in [-0.2, 0) is 10.0 Å². The van der Waals surface area contributed by atoms with Gasteiger partial charge in [0.1, 0.15) is 10.0 Å². The van der Waals surface area contributed by atoms with Crippen molar-refractivity contribution in [2.75, 3.05) is 0 Å². The Balaban J connectivity index is 2.30. The highest BCUT2D eigenvalue weighted by atomic mass is 35.5. The van der Waals surface area contributed by atoms with Gasteiger partial charge in [0.15, 0.2) is 0 Å². The van der Waals surface area contributed by atoms with Gasteiger partial charge in [-0.05, 0) is 31.5 Å². The van der Waals surface area contributed by atoms with E-state index in [0.29, 0.717) is 10.7 Å². The van der Waals surface area contributed by atoms with Gasteiger partial charge in [0.2, 0.25) is 0 Å². The molecule has 2 aromatic rings. The van der Waals surface area contributed by atoms with E-state index in [1.165, 1.54) is 0 Å². The van der Waals surface area contributed by atoms with Crippen molar-refractivity contribution in [2.24, 2.45) is 0 Å². The van der Waals surface area contributed by atoms with Crippen LogP contribution in [0.2, 0.25) is 5.02 Å². The minimum absolute atomic E-state index is 0.176. The van der Waals surface area contributed by atoms with Crippen LogP contribution in [0.1, 0.15) is 11.1 Å². The molecule has 2 rings (SSSR count). The Labute approximate surface area is 118 Å². The Morgan fingerprint density at radius 2 is 1.63 bits per heavy atom.